The Balaban J connectivity index is 2.95. The summed E-state index contributed by atoms with van der Waals surface area (Å²) in [6, 6.07) is 0. The smallest absolute Gasteiger partial charge is 0.221 e. The van der Waals surface area contributed by atoms with E-state index >= 15 is 0 Å². The highest BCUT2D eigenvalue weighted by atomic mass is 16.5. The molecule has 0 saturated carbocycles. The van der Waals surface area contributed by atoms with Crippen molar-refractivity contribution in [2.24, 2.45) is 0 Å². The first kappa shape index (κ1) is 13.7. The topological polar surface area (TPSA) is 47.0 Å². The van der Waals surface area contributed by atoms with E-state index in [1.807, 2.05) is 13.8 Å². The van der Waals surface area contributed by atoms with E-state index in [1.165, 1.54) is 0 Å². The van der Waals surface area contributed by atoms with E-state index < -0.39 is 0 Å². The molecule has 0 atom stereocenters. The number of hydrogen-bond donors (Lipinski definition) is 1. The van der Waals surface area contributed by atoms with Crippen LogP contribution in [-0.2, 0) is 0 Å². The van der Waals surface area contributed by atoms with Crippen molar-refractivity contribution in [3.8, 4) is 5.88 Å². The van der Waals surface area contributed by atoms with E-state index in [0.29, 0.717) is 12.5 Å². The van der Waals surface area contributed by atoms with Gasteiger partial charge in [0.05, 0.1) is 12.2 Å². The molecule has 4 heteroatoms. The number of nitrogens with zero attached hydrogens (tertiary/aromatic N) is 2. The number of anilines is 1. The molecule has 4 nitrogen and oxygen atoms in total. The molecule has 0 spiro atoms. The van der Waals surface area contributed by atoms with Crippen molar-refractivity contribution in [3.63, 3.8) is 0 Å². The molecule has 0 radical (unpaired) electrons. The molecule has 1 N–H and O–H groups in total. The van der Waals surface area contributed by atoms with E-state index in [9.17, 15) is 0 Å². The summed E-state index contributed by atoms with van der Waals surface area (Å²) in [5.74, 6) is 1.54. The van der Waals surface area contributed by atoms with Crippen molar-refractivity contribution >= 4 is 5.82 Å². The summed E-state index contributed by atoms with van der Waals surface area (Å²) < 4.78 is 5.47. The minimum Gasteiger partial charge on any atom is -0.478 e. The summed E-state index contributed by atoms with van der Waals surface area (Å²) >= 11 is 0. The molecule has 1 heterocycles. The second kappa shape index (κ2) is 5.84. The third kappa shape index (κ3) is 3.32. The van der Waals surface area contributed by atoms with Gasteiger partial charge >= 0.3 is 0 Å². The largest absolute Gasteiger partial charge is 0.478 e. The van der Waals surface area contributed by atoms with Crippen LogP contribution in [0.25, 0.3) is 0 Å². The van der Waals surface area contributed by atoms with Gasteiger partial charge in [0.25, 0.3) is 0 Å². The Hall–Kier alpha value is -1.32. The van der Waals surface area contributed by atoms with E-state index in [-0.39, 0.29) is 5.54 Å². The maximum atomic E-state index is 5.47. The quantitative estimate of drug-likeness (QED) is 0.825. The van der Waals surface area contributed by atoms with Gasteiger partial charge in [-0.25, -0.2) is 9.97 Å². The van der Waals surface area contributed by atoms with Gasteiger partial charge in [0.15, 0.2) is 0 Å². The highest BCUT2D eigenvalue weighted by molar-refractivity contribution is 5.49. The van der Waals surface area contributed by atoms with Gasteiger partial charge in [0.1, 0.15) is 12.1 Å². The minimum atomic E-state index is 0.0720. The molecule has 0 saturated heterocycles. The number of ether oxygens (including phenoxy) is 1. The van der Waals surface area contributed by atoms with Crippen LogP contribution in [0, 0.1) is 6.92 Å². The van der Waals surface area contributed by atoms with Crippen molar-refractivity contribution < 1.29 is 4.74 Å². The lowest BCUT2D eigenvalue weighted by molar-refractivity contribution is 0.323. The second-order valence-electron chi connectivity index (χ2n) is 4.48. The van der Waals surface area contributed by atoms with Crippen LogP contribution in [0.3, 0.4) is 0 Å². The van der Waals surface area contributed by atoms with Gasteiger partial charge in [-0.05, 0) is 33.6 Å². The predicted octanol–water partition coefficient (Wildman–Crippen LogP) is 3.17. The van der Waals surface area contributed by atoms with Gasteiger partial charge < -0.3 is 10.1 Å². The summed E-state index contributed by atoms with van der Waals surface area (Å²) in [4.78, 5) is 8.44. The van der Waals surface area contributed by atoms with Crippen LogP contribution in [0.2, 0.25) is 0 Å². The fourth-order valence-electron chi connectivity index (χ4n) is 1.55. The SMILES string of the molecule is CCOc1ncnc(NC(C)(CC)CC)c1C. The van der Waals surface area contributed by atoms with E-state index in [2.05, 4.69) is 36.1 Å². The van der Waals surface area contributed by atoms with Gasteiger partial charge in [-0.15, -0.1) is 0 Å². The Bertz CT molecular complexity index is 362. The lowest BCUT2D eigenvalue weighted by Gasteiger charge is -2.29. The molecule has 0 aliphatic rings. The van der Waals surface area contributed by atoms with Gasteiger partial charge in [0, 0.05) is 5.54 Å². The fraction of sp³-hybridized carbons (Fsp3) is 0.692. The maximum absolute atomic E-state index is 5.47. The van der Waals surface area contributed by atoms with Crippen molar-refractivity contribution in [2.75, 3.05) is 11.9 Å². The first-order valence-electron chi connectivity index (χ1n) is 6.28. The summed E-state index contributed by atoms with van der Waals surface area (Å²) in [7, 11) is 0. The summed E-state index contributed by atoms with van der Waals surface area (Å²) in [5, 5.41) is 3.49. The predicted molar refractivity (Wildman–Crippen MR) is 70.5 cm³/mol. The lowest BCUT2D eigenvalue weighted by atomic mass is 9.95. The van der Waals surface area contributed by atoms with Crippen LogP contribution in [0.15, 0.2) is 6.33 Å². The molecule has 0 fully saturated rings. The summed E-state index contributed by atoms with van der Waals surface area (Å²) in [6.07, 6.45) is 3.65. The zero-order chi connectivity index (χ0) is 12.9. The van der Waals surface area contributed by atoms with Gasteiger partial charge in [0.2, 0.25) is 5.88 Å². The lowest BCUT2D eigenvalue weighted by Crippen LogP contribution is -2.33. The third-order valence-corrected chi connectivity index (χ3v) is 3.30. The number of aromatic nitrogens is 2. The molecule has 0 aromatic carbocycles. The molecule has 1 rings (SSSR count). The van der Waals surface area contributed by atoms with E-state index in [0.717, 1.165) is 24.2 Å². The van der Waals surface area contributed by atoms with E-state index in [4.69, 9.17) is 4.74 Å². The van der Waals surface area contributed by atoms with Crippen LogP contribution in [0.1, 0.15) is 46.1 Å². The number of rotatable bonds is 6. The first-order valence-corrected chi connectivity index (χ1v) is 6.28. The number of nitrogens with one attached hydrogen (secondary N) is 1. The molecule has 1 aromatic rings. The van der Waals surface area contributed by atoms with Crippen molar-refractivity contribution in [3.05, 3.63) is 11.9 Å². The van der Waals surface area contributed by atoms with Crippen LogP contribution >= 0.6 is 0 Å². The summed E-state index contributed by atoms with van der Waals surface area (Å²) in [6.45, 7) is 11.1. The average molecular weight is 237 g/mol. The molecular weight excluding hydrogens is 214 g/mol. The van der Waals surface area contributed by atoms with Crippen LogP contribution in [0.4, 0.5) is 5.82 Å². The average Bonchev–Trinajstić information content (AvgIpc) is 2.34. The van der Waals surface area contributed by atoms with Crippen molar-refractivity contribution in [2.45, 2.75) is 53.0 Å². The second-order valence-corrected chi connectivity index (χ2v) is 4.48. The van der Waals surface area contributed by atoms with Crippen LogP contribution in [0.5, 0.6) is 5.88 Å². The Morgan fingerprint density at radius 3 is 2.41 bits per heavy atom. The Morgan fingerprint density at radius 1 is 1.24 bits per heavy atom. The first-order chi connectivity index (χ1) is 8.06. The molecule has 0 bridgehead atoms. The third-order valence-electron chi connectivity index (χ3n) is 3.30. The molecule has 0 aliphatic heterocycles. The Labute approximate surface area is 104 Å². The molecule has 17 heavy (non-hydrogen) atoms. The highest BCUT2D eigenvalue weighted by Gasteiger charge is 2.21. The van der Waals surface area contributed by atoms with E-state index in [1.54, 1.807) is 6.33 Å². The molecular formula is C13H23N3O. The molecule has 96 valence electrons. The van der Waals surface area contributed by atoms with Crippen LogP contribution in [-0.4, -0.2) is 22.1 Å². The fourth-order valence-corrected chi connectivity index (χ4v) is 1.55. The Morgan fingerprint density at radius 2 is 1.88 bits per heavy atom. The summed E-state index contributed by atoms with van der Waals surface area (Å²) in [5.41, 5.74) is 1.05. The minimum absolute atomic E-state index is 0.0720. The van der Waals surface area contributed by atoms with Gasteiger partial charge in [-0.2, -0.15) is 0 Å². The molecule has 0 aliphatic carbocycles. The maximum Gasteiger partial charge on any atom is 0.221 e. The Kier molecular flexibility index (Phi) is 4.73. The highest BCUT2D eigenvalue weighted by Crippen LogP contribution is 2.26. The zero-order valence-corrected chi connectivity index (χ0v) is 11.5. The monoisotopic (exact) mass is 237 g/mol. The van der Waals surface area contributed by atoms with Crippen LogP contribution < -0.4 is 10.1 Å². The normalized spacial score (nSPS) is 11.4. The standard InChI is InChI=1S/C13H23N3O/c1-6-13(5,7-2)16-11-10(4)12(17-8-3)15-9-14-11/h9H,6-8H2,1-5H3,(H,14,15,16). The molecule has 0 unspecified atom stereocenters. The number of hydrogen-bond acceptors (Lipinski definition) is 4. The van der Waals surface area contributed by atoms with Gasteiger partial charge in [-0.1, -0.05) is 13.8 Å². The zero-order valence-electron chi connectivity index (χ0n) is 11.5. The van der Waals surface area contributed by atoms with Crippen molar-refractivity contribution in [1.29, 1.82) is 0 Å². The molecule has 1 aromatic heterocycles. The molecule has 0 amide bonds. The van der Waals surface area contributed by atoms with Gasteiger partial charge in [-0.3, -0.25) is 0 Å². The van der Waals surface area contributed by atoms with Crippen molar-refractivity contribution in [1.82, 2.24) is 9.97 Å².